The minimum Gasteiger partial charge on any atom is -0.445 e. The molecule has 1 heterocycles. The van der Waals surface area contributed by atoms with Crippen LogP contribution < -0.4 is 16.4 Å². The lowest BCUT2D eigenvalue weighted by Crippen LogP contribution is -2.61. The molecule has 0 bridgehead atoms. The Bertz CT molecular complexity index is 1360. The summed E-state index contributed by atoms with van der Waals surface area (Å²) in [6, 6.07) is -1.62. The van der Waals surface area contributed by atoms with Crippen LogP contribution in [0.15, 0.2) is 54.6 Å². The third-order valence-corrected chi connectivity index (χ3v) is 6.39. The molecule has 0 N–H and O–H groups in total. The molecule has 1 aliphatic rings. The van der Waals surface area contributed by atoms with Crippen molar-refractivity contribution in [2.75, 3.05) is 0 Å². The monoisotopic (exact) mass is 720 g/mol. The molecule has 0 atom stereocenters. The summed E-state index contributed by atoms with van der Waals surface area (Å²) in [6.07, 6.45) is -33.2. The van der Waals surface area contributed by atoms with Crippen LogP contribution in [-0.2, 0) is 50.8 Å². The highest BCUT2D eigenvalue weighted by Crippen LogP contribution is 2.38. The number of hydrogen-bond acceptors (Lipinski definition) is 3. The van der Waals surface area contributed by atoms with Gasteiger partial charge in [0.2, 0.25) is 0 Å². The second kappa shape index (κ2) is 12.1. The molecule has 1 fully saturated rings. The van der Waals surface area contributed by atoms with Gasteiger partial charge in [-0.2, -0.15) is 79.0 Å². The number of halogens is 18. The molecule has 258 valence electrons. The summed E-state index contributed by atoms with van der Waals surface area (Å²) in [5.74, 6) is 0. The summed E-state index contributed by atoms with van der Waals surface area (Å²) < 4.78 is 258. The molecule has 1 aliphatic heterocycles. The van der Waals surface area contributed by atoms with E-state index >= 15 is 0 Å². The van der Waals surface area contributed by atoms with Gasteiger partial charge in [0, 0.05) is 0 Å². The Morgan fingerprint density at radius 2 is 0.417 bits per heavy atom. The van der Waals surface area contributed by atoms with E-state index in [0.29, 0.717) is 0 Å². The van der Waals surface area contributed by atoms with Crippen LogP contribution in [0.25, 0.3) is 0 Å². The fourth-order valence-corrected chi connectivity index (χ4v) is 4.25. The van der Waals surface area contributed by atoms with E-state index in [4.69, 9.17) is 13.7 Å². The van der Waals surface area contributed by atoms with Gasteiger partial charge in [-0.3, -0.25) is 0 Å². The van der Waals surface area contributed by atoms with Crippen LogP contribution >= 0.6 is 0 Å². The molecule has 0 amide bonds. The highest BCUT2D eigenvalue weighted by Gasteiger charge is 2.49. The van der Waals surface area contributed by atoms with Crippen molar-refractivity contribution in [1.82, 2.24) is 0 Å². The normalized spacial score (nSPS) is 15.8. The van der Waals surface area contributed by atoms with Gasteiger partial charge >= 0.3 is 58.4 Å². The SMILES string of the molecule is FC(F)(F)c1cc(B2OB(c3cc(C(F)(F)F)cc(C(F)(F)F)c3)OB(c3cc(C(F)(F)F)cc(C(F)(F)F)c3)O2)cc(C(F)(F)F)c1. The first kappa shape index (κ1) is 37.3. The Labute approximate surface area is 256 Å². The zero-order valence-corrected chi connectivity index (χ0v) is 22.5. The average Bonchev–Trinajstić information content (AvgIpc) is 2.93. The average molecular weight is 720 g/mol. The van der Waals surface area contributed by atoms with Crippen LogP contribution in [0, 0.1) is 0 Å². The van der Waals surface area contributed by atoms with E-state index in [9.17, 15) is 79.0 Å². The van der Waals surface area contributed by atoms with Crippen LogP contribution in [0.4, 0.5) is 79.0 Å². The molecule has 0 unspecified atom stereocenters. The van der Waals surface area contributed by atoms with Gasteiger partial charge in [-0.1, -0.05) is 36.4 Å². The minimum absolute atomic E-state index is 0.0695. The molecule has 24 heteroatoms. The molecule has 4 rings (SSSR count). The highest BCUT2D eigenvalue weighted by atomic mass is 19.4. The van der Waals surface area contributed by atoms with Gasteiger partial charge in [-0.15, -0.1) is 0 Å². The molecule has 0 spiro atoms. The zero-order valence-electron chi connectivity index (χ0n) is 22.5. The van der Waals surface area contributed by atoms with Crippen molar-refractivity contribution < 1.29 is 92.7 Å². The molecular weight excluding hydrogens is 711 g/mol. The van der Waals surface area contributed by atoms with E-state index in [1.807, 2.05) is 0 Å². The summed E-state index contributed by atoms with van der Waals surface area (Å²) in [7, 11) is -8.24. The molecule has 0 radical (unpaired) electrons. The second-order valence-electron chi connectivity index (χ2n) is 9.92. The van der Waals surface area contributed by atoms with Crippen molar-refractivity contribution in [3.05, 3.63) is 88.0 Å². The fourth-order valence-electron chi connectivity index (χ4n) is 4.25. The van der Waals surface area contributed by atoms with E-state index in [1.54, 1.807) is 0 Å². The molecule has 3 aromatic rings. The molecule has 0 aliphatic carbocycles. The summed E-state index contributed by atoms with van der Waals surface area (Å²) in [5, 5.41) is 0. The van der Waals surface area contributed by atoms with Crippen molar-refractivity contribution in [3.8, 4) is 0 Å². The molecule has 48 heavy (non-hydrogen) atoms. The zero-order chi connectivity index (χ0) is 36.4. The number of alkyl halides is 18. The van der Waals surface area contributed by atoms with Crippen LogP contribution in [0.2, 0.25) is 0 Å². The van der Waals surface area contributed by atoms with Crippen molar-refractivity contribution in [3.63, 3.8) is 0 Å². The molecule has 1 saturated heterocycles. The van der Waals surface area contributed by atoms with Crippen LogP contribution in [0.3, 0.4) is 0 Å². The maximum absolute atomic E-state index is 13.5. The highest BCUT2D eigenvalue weighted by molar-refractivity contribution is 6.87. The van der Waals surface area contributed by atoms with Gasteiger partial charge in [0.15, 0.2) is 0 Å². The van der Waals surface area contributed by atoms with Crippen molar-refractivity contribution >= 4 is 37.7 Å². The van der Waals surface area contributed by atoms with E-state index < -0.39 is 126 Å². The van der Waals surface area contributed by atoms with Crippen molar-refractivity contribution in [2.45, 2.75) is 37.1 Å². The maximum Gasteiger partial charge on any atom is 0.467 e. The smallest absolute Gasteiger partial charge is 0.445 e. The number of rotatable bonds is 3. The lowest BCUT2D eigenvalue weighted by molar-refractivity contribution is -0.144. The van der Waals surface area contributed by atoms with Crippen LogP contribution in [0.1, 0.15) is 33.4 Å². The van der Waals surface area contributed by atoms with Gasteiger partial charge in [0.1, 0.15) is 0 Å². The lowest BCUT2D eigenvalue weighted by Gasteiger charge is -2.32. The van der Waals surface area contributed by atoms with Gasteiger partial charge < -0.3 is 13.7 Å². The summed E-state index contributed by atoms with van der Waals surface area (Å²) >= 11 is 0. The predicted molar refractivity (Wildman–Crippen MR) is 129 cm³/mol. The van der Waals surface area contributed by atoms with E-state index in [2.05, 4.69) is 0 Å². The maximum atomic E-state index is 13.5. The minimum atomic E-state index is -5.54. The summed E-state index contributed by atoms with van der Waals surface area (Å²) in [5.41, 5.74) is -16.2. The second-order valence-corrected chi connectivity index (χ2v) is 9.92. The van der Waals surface area contributed by atoms with Crippen molar-refractivity contribution in [1.29, 1.82) is 0 Å². The van der Waals surface area contributed by atoms with Crippen LogP contribution in [-0.4, -0.2) is 21.4 Å². The Morgan fingerprint density at radius 1 is 0.271 bits per heavy atom. The van der Waals surface area contributed by atoms with Gasteiger partial charge in [0.25, 0.3) is 0 Å². The molecule has 0 aromatic heterocycles. The molecular formula is C24H9B3F18O3. The van der Waals surface area contributed by atoms with E-state index in [0.717, 1.165) is 0 Å². The third kappa shape index (κ3) is 8.54. The molecule has 3 nitrogen and oxygen atoms in total. The topological polar surface area (TPSA) is 27.7 Å². The van der Waals surface area contributed by atoms with E-state index in [1.165, 1.54) is 0 Å². The first-order valence-electron chi connectivity index (χ1n) is 12.4. The Balaban J connectivity index is 1.97. The largest absolute Gasteiger partial charge is 0.467 e. The predicted octanol–water partition coefficient (Wildman–Crippen LogP) is 7.35. The lowest BCUT2D eigenvalue weighted by atomic mass is 9.60. The summed E-state index contributed by atoms with van der Waals surface area (Å²) in [4.78, 5) is 0. The van der Waals surface area contributed by atoms with Gasteiger partial charge in [0.05, 0.1) is 33.4 Å². The number of hydrogen-bond donors (Lipinski definition) is 0. The summed E-state index contributed by atoms with van der Waals surface area (Å²) in [6.45, 7) is 0. The first-order valence-corrected chi connectivity index (χ1v) is 12.4. The quantitative estimate of drug-likeness (QED) is 0.210. The Hall–Kier alpha value is -3.53. The van der Waals surface area contributed by atoms with E-state index in [-0.39, 0.29) is 36.4 Å². The number of benzene rings is 3. The van der Waals surface area contributed by atoms with Crippen molar-refractivity contribution in [2.24, 2.45) is 0 Å². The molecule has 3 aromatic carbocycles. The first-order chi connectivity index (χ1) is 21.5. The van der Waals surface area contributed by atoms with Crippen LogP contribution in [0.5, 0.6) is 0 Å². The van der Waals surface area contributed by atoms with Gasteiger partial charge in [-0.05, 0) is 34.6 Å². The van der Waals surface area contributed by atoms with Gasteiger partial charge in [-0.25, -0.2) is 0 Å². The Kier molecular flexibility index (Phi) is 9.41. The molecule has 0 saturated carbocycles. The fraction of sp³-hybridized carbons (Fsp3) is 0.250. The standard InChI is InChI=1S/C24H9B3F18O3/c28-19(29,30)10-1-11(20(31,32)33)5-16(4-10)25-46-26(17-6-12(21(34,35)36)2-13(7-17)22(37,38)39)48-27(47-25)18-8-14(23(40,41)42)3-15(9-18)24(43,44)45/h1-9H. The third-order valence-electron chi connectivity index (χ3n) is 6.39. The Morgan fingerprint density at radius 3 is 0.542 bits per heavy atom.